The van der Waals surface area contributed by atoms with Gasteiger partial charge in [0.25, 0.3) is 0 Å². The van der Waals surface area contributed by atoms with Crippen LogP contribution in [-0.4, -0.2) is 41.2 Å². The summed E-state index contributed by atoms with van der Waals surface area (Å²) < 4.78 is 5.47. The van der Waals surface area contributed by atoms with E-state index in [-0.39, 0.29) is 18.2 Å². The van der Waals surface area contributed by atoms with Crippen LogP contribution >= 0.6 is 11.6 Å². The molecule has 2 atom stereocenters. The molecule has 3 heterocycles. The summed E-state index contributed by atoms with van der Waals surface area (Å²) in [4.78, 5) is 21.0. The molecule has 2 fully saturated rings. The SMILES string of the molecule is O=C(Oc1ccccc1)N1CC2CC[C@H](C1)N2c1ccc(Cl)cn1. The molecule has 6 heteroatoms. The zero-order chi connectivity index (χ0) is 16.5. The van der Waals surface area contributed by atoms with E-state index in [1.807, 2.05) is 35.2 Å². The second kappa shape index (κ2) is 6.32. The zero-order valence-electron chi connectivity index (χ0n) is 13.1. The summed E-state index contributed by atoms with van der Waals surface area (Å²) in [5.74, 6) is 1.51. The molecule has 24 heavy (non-hydrogen) atoms. The van der Waals surface area contributed by atoms with Crippen LogP contribution in [-0.2, 0) is 0 Å². The number of carbonyl (C=O) groups excluding carboxylic acids is 1. The van der Waals surface area contributed by atoms with E-state index in [1.165, 1.54) is 0 Å². The van der Waals surface area contributed by atoms with Gasteiger partial charge in [-0.05, 0) is 37.1 Å². The van der Waals surface area contributed by atoms with Crippen molar-refractivity contribution in [2.75, 3.05) is 18.0 Å². The van der Waals surface area contributed by atoms with Gasteiger partial charge in [-0.2, -0.15) is 0 Å². The Labute approximate surface area is 145 Å². The number of likely N-dealkylation sites (tertiary alicyclic amines) is 1. The fourth-order valence-electron chi connectivity index (χ4n) is 3.60. The molecule has 0 spiro atoms. The lowest BCUT2D eigenvalue weighted by atomic mass is 10.2. The van der Waals surface area contributed by atoms with Crippen LogP contribution in [0, 0.1) is 0 Å². The highest BCUT2D eigenvalue weighted by Crippen LogP contribution is 2.34. The van der Waals surface area contributed by atoms with E-state index in [9.17, 15) is 4.79 Å². The first-order chi connectivity index (χ1) is 11.7. The predicted octanol–water partition coefficient (Wildman–Crippen LogP) is 3.59. The van der Waals surface area contributed by atoms with Crippen LogP contribution in [0.1, 0.15) is 12.8 Å². The fourth-order valence-corrected chi connectivity index (χ4v) is 3.71. The predicted molar refractivity (Wildman–Crippen MR) is 92.6 cm³/mol. The first kappa shape index (κ1) is 15.3. The zero-order valence-corrected chi connectivity index (χ0v) is 13.9. The highest BCUT2D eigenvalue weighted by molar-refractivity contribution is 6.30. The molecule has 2 saturated heterocycles. The summed E-state index contributed by atoms with van der Waals surface area (Å²) >= 11 is 5.93. The Morgan fingerprint density at radius 3 is 2.42 bits per heavy atom. The van der Waals surface area contributed by atoms with E-state index in [0.29, 0.717) is 23.9 Å². The molecule has 4 rings (SSSR count). The number of hydrogen-bond acceptors (Lipinski definition) is 4. The minimum Gasteiger partial charge on any atom is -0.410 e. The number of carbonyl (C=O) groups is 1. The molecule has 0 aliphatic carbocycles. The molecule has 1 aromatic heterocycles. The van der Waals surface area contributed by atoms with Gasteiger partial charge in [0, 0.05) is 31.4 Å². The Kier molecular flexibility index (Phi) is 4.02. The number of halogens is 1. The molecule has 124 valence electrons. The summed E-state index contributed by atoms with van der Waals surface area (Å²) in [5, 5.41) is 0.635. The van der Waals surface area contributed by atoms with Crippen LogP contribution in [0.4, 0.5) is 10.6 Å². The molecule has 2 aliphatic rings. The van der Waals surface area contributed by atoms with Crippen molar-refractivity contribution in [2.45, 2.75) is 24.9 Å². The number of fused-ring (bicyclic) bond motifs is 2. The number of amides is 1. The van der Waals surface area contributed by atoms with E-state index in [2.05, 4.69) is 9.88 Å². The summed E-state index contributed by atoms with van der Waals surface area (Å²) in [6, 6.07) is 13.6. The van der Waals surface area contributed by atoms with Gasteiger partial charge in [-0.1, -0.05) is 29.8 Å². The lowest BCUT2D eigenvalue weighted by Crippen LogP contribution is -2.56. The summed E-state index contributed by atoms with van der Waals surface area (Å²) in [5.41, 5.74) is 0. The third-order valence-corrected chi connectivity index (χ3v) is 4.89. The molecular formula is C18H18ClN3O2. The van der Waals surface area contributed by atoms with E-state index < -0.39 is 0 Å². The molecule has 0 saturated carbocycles. The van der Waals surface area contributed by atoms with Crippen molar-refractivity contribution >= 4 is 23.5 Å². The van der Waals surface area contributed by atoms with Crippen molar-refractivity contribution < 1.29 is 9.53 Å². The van der Waals surface area contributed by atoms with Crippen molar-refractivity contribution in [1.82, 2.24) is 9.88 Å². The second-order valence-electron chi connectivity index (χ2n) is 6.21. The average molecular weight is 344 g/mol. The van der Waals surface area contributed by atoms with Crippen LogP contribution in [0.3, 0.4) is 0 Å². The highest BCUT2D eigenvalue weighted by Gasteiger charge is 2.42. The van der Waals surface area contributed by atoms with Gasteiger partial charge in [0.2, 0.25) is 0 Å². The van der Waals surface area contributed by atoms with Gasteiger partial charge in [0.1, 0.15) is 11.6 Å². The quantitative estimate of drug-likeness (QED) is 0.836. The van der Waals surface area contributed by atoms with Crippen LogP contribution in [0.15, 0.2) is 48.7 Å². The van der Waals surface area contributed by atoms with Crippen molar-refractivity contribution in [3.63, 3.8) is 0 Å². The number of benzene rings is 1. The molecule has 2 aliphatic heterocycles. The number of hydrogen-bond donors (Lipinski definition) is 0. The number of nitrogens with zero attached hydrogens (tertiary/aromatic N) is 3. The van der Waals surface area contributed by atoms with Gasteiger partial charge in [-0.3, -0.25) is 0 Å². The molecule has 5 nitrogen and oxygen atoms in total. The van der Waals surface area contributed by atoms with Crippen LogP contribution in [0.25, 0.3) is 0 Å². The molecular weight excluding hydrogens is 326 g/mol. The topological polar surface area (TPSA) is 45.7 Å². The molecule has 0 radical (unpaired) electrons. The molecule has 2 aromatic rings. The Morgan fingerprint density at radius 2 is 1.79 bits per heavy atom. The Morgan fingerprint density at radius 1 is 1.08 bits per heavy atom. The maximum atomic E-state index is 12.4. The number of aromatic nitrogens is 1. The standard InChI is InChI=1S/C18H18ClN3O2/c19-13-6-9-17(20-10-13)22-14-7-8-15(22)12-21(11-14)18(23)24-16-4-2-1-3-5-16/h1-6,9-10,14-15H,7-8,11-12H2/t14-,15?/m1/s1. The first-order valence-electron chi connectivity index (χ1n) is 8.12. The molecule has 1 aromatic carbocycles. The third kappa shape index (κ3) is 2.91. The van der Waals surface area contributed by atoms with Gasteiger partial charge in [-0.25, -0.2) is 9.78 Å². The van der Waals surface area contributed by atoms with Gasteiger partial charge < -0.3 is 14.5 Å². The minimum atomic E-state index is -0.276. The molecule has 1 unspecified atom stereocenters. The lowest BCUT2D eigenvalue weighted by Gasteiger charge is -2.41. The maximum absolute atomic E-state index is 12.4. The van der Waals surface area contributed by atoms with Gasteiger partial charge in [0.05, 0.1) is 5.02 Å². The molecule has 1 amide bonds. The average Bonchev–Trinajstić information content (AvgIpc) is 2.86. The van der Waals surface area contributed by atoms with Crippen molar-refractivity contribution in [2.24, 2.45) is 0 Å². The number of para-hydroxylation sites is 1. The summed E-state index contributed by atoms with van der Waals surface area (Å²) in [7, 11) is 0. The number of rotatable bonds is 2. The monoisotopic (exact) mass is 343 g/mol. The Hall–Kier alpha value is -2.27. The number of pyridine rings is 1. The summed E-state index contributed by atoms with van der Waals surface area (Å²) in [6.07, 6.45) is 3.52. The second-order valence-corrected chi connectivity index (χ2v) is 6.65. The molecule has 0 N–H and O–H groups in total. The van der Waals surface area contributed by atoms with Gasteiger partial charge >= 0.3 is 6.09 Å². The van der Waals surface area contributed by atoms with Gasteiger partial charge in [-0.15, -0.1) is 0 Å². The van der Waals surface area contributed by atoms with Crippen molar-refractivity contribution in [3.05, 3.63) is 53.7 Å². The number of ether oxygens (including phenoxy) is 1. The summed E-state index contributed by atoms with van der Waals surface area (Å²) in [6.45, 7) is 1.32. The Balaban J connectivity index is 1.46. The highest BCUT2D eigenvalue weighted by atomic mass is 35.5. The van der Waals surface area contributed by atoms with E-state index in [1.54, 1.807) is 18.3 Å². The number of piperazine rings is 1. The smallest absolute Gasteiger partial charge is 0.410 e. The fraction of sp³-hybridized carbons (Fsp3) is 0.333. The number of anilines is 1. The van der Waals surface area contributed by atoms with Crippen molar-refractivity contribution in [3.8, 4) is 5.75 Å². The van der Waals surface area contributed by atoms with E-state index >= 15 is 0 Å². The van der Waals surface area contributed by atoms with Gasteiger partial charge in [0.15, 0.2) is 0 Å². The third-order valence-electron chi connectivity index (χ3n) is 4.67. The molecule has 2 bridgehead atoms. The lowest BCUT2D eigenvalue weighted by molar-refractivity contribution is 0.140. The van der Waals surface area contributed by atoms with Crippen LogP contribution < -0.4 is 9.64 Å². The van der Waals surface area contributed by atoms with Crippen LogP contribution in [0.2, 0.25) is 5.02 Å². The van der Waals surface area contributed by atoms with E-state index in [0.717, 1.165) is 18.7 Å². The Bertz CT molecular complexity index is 709. The van der Waals surface area contributed by atoms with Crippen molar-refractivity contribution in [1.29, 1.82) is 0 Å². The largest absolute Gasteiger partial charge is 0.415 e. The minimum absolute atomic E-state index is 0.276. The normalized spacial score (nSPS) is 22.5. The maximum Gasteiger partial charge on any atom is 0.415 e. The van der Waals surface area contributed by atoms with E-state index in [4.69, 9.17) is 16.3 Å². The van der Waals surface area contributed by atoms with Crippen LogP contribution in [0.5, 0.6) is 5.75 Å². The first-order valence-corrected chi connectivity index (χ1v) is 8.50.